The van der Waals surface area contributed by atoms with Gasteiger partial charge >= 0.3 is 0 Å². The van der Waals surface area contributed by atoms with Gasteiger partial charge in [-0.2, -0.15) is 0 Å². The number of hydrogen-bond acceptors (Lipinski definition) is 1. The Labute approximate surface area is 116 Å². The summed E-state index contributed by atoms with van der Waals surface area (Å²) in [5.41, 5.74) is 3.64. The predicted molar refractivity (Wildman–Crippen MR) is 77.1 cm³/mol. The van der Waals surface area contributed by atoms with Crippen LogP contribution in [0.1, 0.15) is 56.1 Å². The minimum Gasteiger partial charge on any atom is -0.393 e. The van der Waals surface area contributed by atoms with E-state index in [4.69, 9.17) is 0 Å². The molecule has 1 aromatic carbocycles. The van der Waals surface area contributed by atoms with E-state index in [1.54, 1.807) is 11.1 Å². The van der Waals surface area contributed by atoms with E-state index in [2.05, 4.69) is 31.2 Å². The maximum Gasteiger partial charge on any atom is 0.0548 e. The monoisotopic (exact) mass is 256 g/mol. The van der Waals surface area contributed by atoms with Gasteiger partial charge < -0.3 is 5.11 Å². The van der Waals surface area contributed by atoms with Crippen molar-refractivity contribution in [2.24, 2.45) is 17.3 Å². The number of hydrogen-bond donors (Lipinski definition) is 1. The third kappa shape index (κ3) is 1.71. The zero-order valence-electron chi connectivity index (χ0n) is 11.8. The van der Waals surface area contributed by atoms with Crippen molar-refractivity contribution in [3.63, 3.8) is 0 Å². The van der Waals surface area contributed by atoms with Crippen LogP contribution in [0, 0.1) is 17.3 Å². The lowest BCUT2D eigenvalue weighted by molar-refractivity contribution is 0.0596. The fraction of sp³-hybridized carbons (Fsp3) is 0.667. The maximum atomic E-state index is 10.1. The molecule has 0 aliphatic heterocycles. The van der Waals surface area contributed by atoms with Crippen LogP contribution < -0.4 is 0 Å². The van der Waals surface area contributed by atoms with Crippen LogP contribution in [-0.4, -0.2) is 11.2 Å². The molecule has 3 aliphatic carbocycles. The van der Waals surface area contributed by atoms with E-state index in [0.717, 1.165) is 30.6 Å². The largest absolute Gasteiger partial charge is 0.393 e. The Balaban J connectivity index is 1.71. The Morgan fingerprint density at radius 2 is 2.05 bits per heavy atom. The molecule has 2 fully saturated rings. The second-order valence-corrected chi connectivity index (χ2v) is 7.40. The Kier molecular flexibility index (Phi) is 2.57. The van der Waals surface area contributed by atoms with E-state index in [0.29, 0.717) is 5.41 Å². The smallest absolute Gasteiger partial charge is 0.0548 e. The molecule has 0 amide bonds. The average Bonchev–Trinajstić information content (AvgIpc) is 2.73. The number of aryl methyl sites for hydroxylation is 1. The van der Waals surface area contributed by atoms with Gasteiger partial charge in [0.15, 0.2) is 0 Å². The van der Waals surface area contributed by atoms with Crippen LogP contribution in [0.2, 0.25) is 0 Å². The summed E-state index contributed by atoms with van der Waals surface area (Å²) in [5, 5.41) is 10.1. The first-order valence-corrected chi connectivity index (χ1v) is 7.93. The second kappa shape index (κ2) is 4.09. The van der Waals surface area contributed by atoms with Crippen molar-refractivity contribution in [2.45, 2.75) is 57.5 Å². The minimum absolute atomic E-state index is 0.0362. The molecule has 1 heteroatoms. The lowest BCUT2D eigenvalue weighted by Gasteiger charge is -2.49. The molecule has 1 nitrogen and oxygen atoms in total. The summed E-state index contributed by atoms with van der Waals surface area (Å²) < 4.78 is 0. The first-order chi connectivity index (χ1) is 9.17. The van der Waals surface area contributed by atoms with Crippen molar-refractivity contribution in [2.75, 3.05) is 0 Å². The highest BCUT2D eigenvalue weighted by Crippen LogP contribution is 2.60. The minimum atomic E-state index is -0.0362. The number of rotatable bonds is 0. The van der Waals surface area contributed by atoms with Crippen LogP contribution >= 0.6 is 0 Å². The first kappa shape index (κ1) is 12.0. The van der Waals surface area contributed by atoms with Gasteiger partial charge in [0.25, 0.3) is 0 Å². The van der Waals surface area contributed by atoms with Crippen LogP contribution in [0.3, 0.4) is 0 Å². The van der Waals surface area contributed by atoms with E-state index < -0.39 is 0 Å². The molecule has 19 heavy (non-hydrogen) atoms. The highest BCUT2D eigenvalue weighted by Gasteiger charge is 2.52. The standard InChI is InChI=1S/C18H24O/c1-18-9-8-15-14-5-3-2-4-12(14)6-7-16(15)17(18)10-13(19)11-18/h2-5,13,15-17,19H,6-11H2,1H3/t13?,15-,16-,17+,18-/m1/s1. The Morgan fingerprint density at radius 1 is 1.21 bits per heavy atom. The number of benzene rings is 1. The van der Waals surface area contributed by atoms with Gasteiger partial charge in [-0.25, -0.2) is 0 Å². The Bertz CT molecular complexity index is 494. The summed E-state index contributed by atoms with van der Waals surface area (Å²) in [7, 11) is 0. The van der Waals surface area contributed by atoms with Crippen molar-refractivity contribution in [1.29, 1.82) is 0 Å². The normalized spacial score (nSPS) is 44.3. The van der Waals surface area contributed by atoms with E-state index in [9.17, 15) is 5.11 Å². The molecule has 0 aromatic heterocycles. The quantitative estimate of drug-likeness (QED) is 0.746. The van der Waals surface area contributed by atoms with E-state index in [1.165, 1.54) is 25.7 Å². The predicted octanol–water partition coefficient (Wildman–Crippen LogP) is 3.90. The molecule has 1 unspecified atom stereocenters. The fourth-order valence-electron chi connectivity index (χ4n) is 5.54. The van der Waals surface area contributed by atoms with Crippen molar-refractivity contribution >= 4 is 0 Å². The summed E-state index contributed by atoms with van der Waals surface area (Å²) in [4.78, 5) is 0. The lowest BCUT2D eigenvalue weighted by Crippen LogP contribution is -2.39. The van der Waals surface area contributed by atoms with Crippen LogP contribution in [-0.2, 0) is 6.42 Å². The summed E-state index contributed by atoms with van der Waals surface area (Å²) in [5.74, 6) is 2.36. The highest BCUT2D eigenvalue weighted by atomic mass is 16.3. The van der Waals surface area contributed by atoms with Crippen molar-refractivity contribution in [1.82, 2.24) is 0 Å². The van der Waals surface area contributed by atoms with Gasteiger partial charge in [-0.1, -0.05) is 31.2 Å². The fourth-order valence-corrected chi connectivity index (χ4v) is 5.54. The van der Waals surface area contributed by atoms with Gasteiger partial charge in [0.1, 0.15) is 0 Å². The topological polar surface area (TPSA) is 20.2 Å². The van der Waals surface area contributed by atoms with Crippen LogP contribution in [0.4, 0.5) is 0 Å². The second-order valence-electron chi connectivity index (χ2n) is 7.40. The van der Waals surface area contributed by atoms with E-state index in [1.807, 2.05) is 0 Å². The number of fused-ring (bicyclic) bond motifs is 5. The van der Waals surface area contributed by atoms with Gasteiger partial charge in [-0.05, 0) is 72.8 Å². The molecule has 0 saturated heterocycles. The van der Waals surface area contributed by atoms with Crippen LogP contribution in [0.25, 0.3) is 0 Å². The highest BCUT2D eigenvalue weighted by molar-refractivity contribution is 5.34. The summed E-state index contributed by atoms with van der Waals surface area (Å²) in [6, 6.07) is 9.08. The average molecular weight is 256 g/mol. The zero-order valence-corrected chi connectivity index (χ0v) is 11.8. The van der Waals surface area contributed by atoms with Crippen molar-refractivity contribution in [3.05, 3.63) is 35.4 Å². The SMILES string of the molecule is C[C@]12CC[C@@H]3c4ccccc4CC[C@H]3[C@@H]1CC(O)C2. The van der Waals surface area contributed by atoms with Crippen molar-refractivity contribution in [3.8, 4) is 0 Å². The maximum absolute atomic E-state index is 10.1. The molecule has 102 valence electrons. The molecule has 1 N–H and O–H groups in total. The molecule has 3 aliphatic rings. The first-order valence-electron chi connectivity index (χ1n) is 7.93. The molecule has 0 heterocycles. The van der Waals surface area contributed by atoms with E-state index >= 15 is 0 Å². The van der Waals surface area contributed by atoms with Gasteiger partial charge in [-0.15, -0.1) is 0 Å². The molecule has 4 rings (SSSR count). The molecule has 0 bridgehead atoms. The molecular formula is C18H24O. The molecule has 2 saturated carbocycles. The molecule has 0 spiro atoms. The third-order valence-electron chi connectivity index (χ3n) is 6.38. The van der Waals surface area contributed by atoms with E-state index in [-0.39, 0.29) is 6.10 Å². The van der Waals surface area contributed by atoms with Gasteiger partial charge in [0.2, 0.25) is 0 Å². The summed E-state index contributed by atoms with van der Waals surface area (Å²) in [6.45, 7) is 2.44. The number of aliphatic hydroxyl groups is 1. The lowest BCUT2D eigenvalue weighted by atomic mass is 9.56. The van der Waals surface area contributed by atoms with Crippen LogP contribution in [0.15, 0.2) is 24.3 Å². The van der Waals surface area contributed by atoms with Gasteiger partial charge in [0, 0.05) is 0 Å². The third-order valence-corrected chi connectivity index (χ3v) is 6.38. The van der Waals surface area contributed by atoms with Gasteiger partial charge in [-0.3, -0.25) is 0 Å². The summed E-state index contributed by atoms with van der Waals surface area (Å²) in [6.07, 6.45) is 7.30. The summed E-state index contributed by atoms with van der Waals surface area (Å²) >= 11 is 0. The molecule has 5 atom stereocenters. The molecular weight excluding hydrogens is 232 g/mol. The van der Waals surface area contributed by atoms with Crippen molar-refractivity contribution < 1.29 is 5.11 Å². The number of aliphatic hydroxyl groups excluding tert-OH is 1. The zero-order chi connectivity index (χ0) is 13.0. The van der Waals surface area contributed by atoms with Gasteiger partial charge in [0.05, 0.1) is 6.10 Å². The Morgan fingerprint density at radius 3 is 2.95 bits per heavy atom. The van der Waals surface area contributed by atoms with Crippen LogP contribution in [0.5, 0.6) is 0 Å². The molecule has 0 radical (unpaired) electrons. The molecule has 1 aromatic rings. The Hall–Kier alpha value is -0.820.